The highest BCUT2D eigenvalue weighted by atomic mass is 16.7. The molecule has 3 rings (SSSR count). The van der Waals surface area contributed by atoms with Crippen LogP contribution in [0.15, 0.2) is 0 Å². The van der Waals surface area contributed by atoms with Gasteiger partial charge in [-0.25, -0.2) is 0 Å². The largest absolute Gasteiger partial charge is 0.388 e. The maximum atomic E-state index is 11.1. The molecule has 2 aliphatic heterocycles. The molecule has 2 saturated heterocycles. The van der Waals surface area contributed by atoms with E-state index in [4.69, 9.17) is 36.1 Å². The van der Waals surface area contributed by atoms with Crippen LogP contribution < -0.4 is 27.8 Å². The molecule has 12 atom stereocenters. The number of aliphatic hydroxyl groups excluding tert-OH is 2. The van der Waals surface area contributed by atoms with E-state index >= 15 is 0 Å². The molecule has 0 aromatic carbocycles. The zero-order valence-corrected chi connectivity index (χ0v) is 19.1. The number of likely N-dealkylation sites (N-methyl/N-ethyl adjacent to an activating group) is 2. The summed E-state index contributed by atoms with van der Waals surface area (Å²) in [5.41, 5.74) is 17.4. The Labute approximate surface area is 189 Å². The molecular weight excluding hydrogens is 422 g/mol. The predicted octanol–water partition coefficient (Wildman–Crippen LogP) is -3.72. The summed E-state index contributed by atoms with van der Waals surface area (Å²) in [6.07, 6.45) is -4.12. The van der Waals surface area contributed by atoms with Crippen LogP contribution in [0.5, 0.6) is 0 Å². The summed E-state index contributed by atoms with van der Waals surface area (Å²) in [5, 5.41) is 38.1. The molecule has 12 nitrogen and oxygen atoms in total. The Kier molecular flexibility index (Phi) is 8.86. The molecule has 0 spiro atoms. The van der Waals surface area contributed by atoms with E-state index in [0.717, 1.165) is 12.8 Å². The van der Waals surface area contributed by atoms with E-state index in [1.54, 1.807) is 14.0 Å². The normalized spacial score (nSPS) is 50.3. The van der Waals surface area contributed by atoms with Crippen LogP contribution in [-0.4, -0.2) is 115 Å². The molecule has 0 aromatic rings. The summed E-state index contributed by atoms with van der Waals surface area (Å²) in [4.78, 5) is 0. The molecule has 1 saturated carbocycles. The van der Waals surface area contributed by atoms with E-state index in [2.05, 4.69) is 10.6 Å². The minimum absolute atomic E-state index is 0.0480. The Hall–Kier alpha value is -0.480. The molecule has 32 heavy (non-hydrogen) atoms. The summed E-state index contributed by atoms with van der Waals surface area (Å²) in [7, 11) is 3.47. The first kappa shape index (κ1) is 26.1. The fourth-order valence-corrected chi connectivity index (χ4v) is 4.90. The fraction of sp³-hybridized carbons (Fsp3) is 1.00. The first-order valence-corrected chi connectivity index (χ1v) is 11.3. The number of aliphatic hydroxyl groups is 3. The Balaban J connectivity index is 1.67. The van der Waals surface area contributed by atoms with Gasteiger partial charge in [-0.15, -0.1) is 0 Å². The zero-order valence-electron chi connectivity index (χ0n) is 19.1. The molecule has 1 aliphatic carbocycles. The van der Waals surface area contributed by atoms with Crippen LogP contribution in [0.3, 0.4) is 0 Å². The highest BCUT2D eigenvalue weighted by Gasteiger charge is 2.50. The second-order valence-electron chi connectivity index (χ2n) is 9.47. The van der Waals surface area contributed by atoms with Crippen molar-refractivity contribution in [2.45, 2.75) is 99.1 Å². The molecule has 3 aliphatic rings. The summed E-state index contributed by atoms with van der Waals surface area (Å²) in [5.74, 6) is 0. The highest BCUT2D eigenvalue weighted by molar-refractivity contribution is 5.01. The van der Waals surface area contributed by atoms with Gasteiger partial charge in [0, 0.05) is 18.6 Å². The molecule has 0 bridgehead atoms. The monoisotopic (exact) mass is 463 g/mol. The van der Waals surface area contributed by atoms with E-state index < -0.39 is 60.7 Å². The lowest BCUT2D eigenvalue weighted by Crippen LogP contribution is -2.68. The Morgan fingerprint density at radius 1 is 0.969 bits per heavy atom. The van der Waals surface area contributed by atoms with Crippen LogP contribution >= 0.6 is 0 Å². The van der Waals surface area contributed by atoms with Gasteiger partial charge in [0.05, 0.1) is 24.8 Å². The van der Waals surface area contributed by atoms with Crippen LogP contribution in [-0.2, 0) is 18.9 Å². The topological polar surface area (TPSA) is 200 Å². The van der Waals surface area contributed by atoms with Crippen molar-refractivity contribution in [3.05, 3.63) is 0 Å². The standard InChI is InChI=1S/C20H41N5O7/c1-20(28)8-29-19(14(27)17(20)25-3)32-16-12(23)6-11(22)15(13(16)26)31-18-10(21)5-4-9(30-18)7-24-2/h9-19,24-28H,4-8,21-23H2,1-3H3/t9-,10+,11-,12+,13-,14+,15+,16-,17+,18?,19+,20-/m0/s1. The zero-order chi connectivity index (χ0) is 23.6. The van der Waals surface area contributed by atoms with Gasteiger partial charge in [0.15, 0.2) is 12.6 Å². The van der Waals surface area contributed by atoms with Crippen LogP contribution in [0.2, 0.25) is 0 Å². The van der Waals surface area contributed by atoms with E-state index in [-0.39, 0.29) is 18.8 Å². The maximum absolute atomic E-state index is 11.1. The Morgan fingerprint density at radius 2 is 1.59 bits per heavy atom. The van der Waals surface area contributed by atoms with Gasteiger partial charge in [0.25, 0.3) is 0 Å². The first-order valence-electron chi connectivity index (χ1n) is 11.3. The maximum Gasteiger partial charge on any atom is 0.185 e. The predicted molar refractivity (Wildman–Crippen MR) is 115 cm³/mol. The van der Waals surface area contributed by atoms with Crippen LogP contribution in [0.1, 0.15) is 26.2 Å². The lowest BCUT2D eigenvalue weighted by molar-refractivity contribution is -0.306. The van der Waals surface area contributed by atoms with Crippen LogP contribution in [0, 0.1) is 0 Å². The van der Waals surface area contributed by atoms with Crippen molar-refractivity contribution >= 4 is 0 Å². The Morgan fingerprint density at radius 3 is 2.19 bits per heavy atom. The smallest absolute Gasteiger partial charge is 0.185 e. The summed E-state index contributed by atoms with van der Waals surface area (Å²) in [6, 6.07) is -2.20. The number of rotatable bonds is 7. The second-order valence-corrected chi connectivity index (χ2v) is 9.47. The molecular formula is C20H41N5O7. The average Bonchev–Trinajstić information content (AvgIpc) is 2.72. The number of nitrogens with one attached hydrogen (secondary N) is 2. The first-order chi connectivity index (χ1) is 15.1. The van der Waals surface area contributed by atoms with Gasteiger partial charge in [-0.1, -0.05) is 0 Å². The Bertz CT molecular complexity index is 603. The SMILES string of the molecule is CNC[C@@H]1CC[C@@H](N)C(O[C@H]2[C@H](O)[C@@H](O[C@H]3OC[C@](C)(O)[C@H](NC)[C@H]3O)[C@H](N)C[C@@H]2N)O1. The number of hydrogen-bond donors (Lipinski definition) is 8. The quantitative estimate of drug-likeness (QED) is 0.184. The van der Waals surface area contributed by atoms with Crippen LogP contribution in [0.4, 0.5) is 0 Å². The van der Waals surface area contributed by atoms with Crippen molar-refractivity contribution in [3.8, 4) is 0 Å². The molecule has 188 valence electrons. The number of hydrogen-bond acceptors (Lipinski definition) is 12. The van der Waals surface area contributed by atoms with E-state index in [1.165, 1.54) is 0 Å². The summed E-state index contributed by atoms with van der Waals surface area (Å²) in [6.45, 7) is 2.16. The third-order valence-corrected chi connectivity index (χ3v) is 6.72. The van der Waals surface area contributed by atoms with Crippen molar-refractivity contribution in [2.75, 3.05) is 27.2 Å². The molecule has 11 N–H and O–H groups in total. The van der Waals surface area contributed by atoms with Crippen molar-refractivity contribution in [3.63, 3.8) is 0 Å². The molecule has 0 radical (unpaired) electrons. The average molecular weight is 464 g/mol. The van der Waals surface area contributed by atoms with Gasteiger partial charge in [0.1, 0.15) is 30.0 Å². The molecule has 2 heterocycles. The van der Waals surface area contributed by atoms with Gasteiger partial charge >= 0.3 is 0 Å². The van der Waals surface area contributed by atoms with Crippen molar-refractivity contribution < 1.29 is 34.3 Å². The fourth-order valence-electron chi connectivity index (χ4n) is 4.90. The summed E-state index contributed by atoms with van der Waals surface area (Å²) < 4.78 is 23.5. The van der Waals surface area contributed by atoms with Crippen molar-refractivity contribution in [2.24, 2.45) is 17.2 Å². The van der Waals surface area contributed by atoms with Crippen LogP contribution in [0.25, 0.3) is 0 Å². The van der Waals surface area contributed by atoms with E-state index in [9.17, 15) is 15.3 Å². The second kappa shape index (κ2) is 10.8. The van der Waals surface area contributed by atoms with Gasteiger partial charge in [0.2, 0.25) is 0 Å². The third-order valence-electron chi connectivity index (χ3n) is 6.72. The van der Waals surface area contributed by atoms with Gasteiger partial charge < -0.3 is 62.1 Å². The van der Waals surface area contributed by atoms with Crippen molar-refractivity contribution in [1.29, 1.82) is 0 Å². The van der Waals surface area contributed by atoms with Gasteiger partial charge in [-0.05, 0) is 40.3 Å². The summed E-state index contributed by atoms with van der Waals surface area (Å²) >= 11 is 0. The van der Waals surface area contributed by atoms with Gasteiger partial charge in [-0.2, -0.15) is 0 Å². The molecule has 1 unspecified atom stereocenters. The molecule has 12 heteroatoms. The third kappa shape index (κ3) is 5.59. The number of ether oxygens (including phenoxy) is 4. The molecule has 3 fully saturated rings. The van der Waals surface area contributed by atoms with E-state index in [0.29, 0.717) is 13.0 Å². The minimum Gasteiger partial charge on any atom is -0.388 e. The highest BCUT2D eigenvalue weighted by Crippen LogP contribution is 2.31. The van der Waals surface area contributed by atoms with Gasteiger partial charge in [-0.3, -0.25) is 0 Å². The molecule has 0 amide bonds. The minimum atomic E-state index is -1.28. The van der Waals surface area contributed by atoms with Crippen molar-refractivity contribution in [1.82, 2.24) is 10.6 Å². The lowest BCUT2D eigenvalue weighted by atomic mass is 9.84. The number of nitrogens with two attached hydrogens (primary N) is 3. The molecule has 0 aromatic heterocycles. The lowest BCUT2D eigenvalue weighted by Gasteiger charge is -2.48. The van der Waals surface area contributed by atoms with E-state index in [1.807, 2.05) is 7.05 Å².